The first-order valence-corrected chi connectivity index (χ1v) is 14.8. The van der Waals surface area contributed by atoms with E-state index in [1.54, 1.807) is 55.0 Å². The molecule has 0 amide bonds. The molecule has 218 valence electrons. The van der Waals surface area contributed by atoms with Crippen molar-refractivity contribution in [2.45, 2.75) is 30.6 Å². The van der Waals surface area contributed by atoms with Crippen molar-refractivity contribution in [1.29, 1.82) is 0 Å². The Morgan fingerprint density at radius 1 is 0.930 bits per heavy atom. The van der Waals surface area contributed by atoms with Crippen LogP contribution in [0, 0.1) is 10.5 Å². The second kappa shape index (κ2) is 10.7. The van der Waals surface area contributed by atoms with Gasteiger partial charge in [0.15, 0.2) is 5.41 Å². The Hall–Kier alpha value is -4.38. The number of carbonyl (C=O) groups is 2. The van der Waals surface area contributed by atoms with Crippen molar-refractivity contribution in [2.75, 3.05) is 19.0 Å². The standard InChI is InChI=1S/C34H29IN2O6/c1-21-11-13-27-25(17-21)33(31(38)39,19-23-7-5-15-42-23)29(36(27)2)9-4-10-30-34(32(40)41,20-24-8-6-16-43-24)26-18-22(35)12-14-28(26)37(30)3/h4-18H,19-20H2,1-3H3,(H-,38,39,40,41)/p+1. The van der Waals surface area contributed by atoms with Crippen LogP contribution in [0.4, 0.5) is 11.4 Å². The van der Waals surface area contributed by atoms with Crippen molar-refractivity contribution in [3.05, 3.63) is 129 Å². The number of benzene rings is 2. The summed E-state index contributed by atoms with van der Waals surface area (Å²) in [6, 6.07) is 18.7. The van der Waals surface area contributed by atoms with Gasteiger partial charge >= 0.3 is 11.9 Å². The predicted molar refractivity (Wildman–Crippen MR) is 170 cm³/mol. The first-order chi connectivity index (χ1) is 20.6. The molecule has 43 heavy (non-hydrogen) atoms. The molecule has 0 radical (unpaired) electrons. The molecule has 0 bridgehead atoms. The van der Waals surface area contributed by atoms with Crippen LogP contribution in [0.2, 0.25) is 0 Å². The fraction of sp³-hybridized carbons (Fsp3) is 0.206. The molecule has 0 fully saturated rings. The fourth-order valence-electron chi connectivity index (χ4n) is 6.59. The lowest BCUT2D eigenvalue weighted by molar-refractivity contribution is -0.401. The van der Waals surface area contributed by atoms with Gasteiger partial charge in [-0.25, -0.2) is 0 Å². The minimum Gasteiger partial charge on any atom is -0.480 e. The van der Waals surface area contributed by atoms with Gasteiger partial charge in [0.05, 0.1) is 18.1 Å². The predicted octanol–water partition coefficient (Wildman–Crippen LogP) is 6.23. The average Bonchev–Trinajstić information content (AvgIpc) is 3.75. The molecule has 8 nitrogen and oxygen atoms in total. The van der Waals surface area contributed by atoms with Gasteiger partial charge in [-0.3, -0.25) is 9.59 Å². The van der Waals surface area contributed by atoms with Gasteiger partial charge in [-0.15, -0.1) is 0 Å². The van der Waals surface area contributed by atoms with Crippen molar-refractivity contribution < 1.29 is 33.2 Å². The monoisotopic (exact) mass is 689 g/mol. The maximum Gasteiger partial charge on any atom is 0.325 e. The number of nitrogens with zero attached hydrogens (tertiary/aromatic N) is 2. The number of aliphatic carboxylic acids is 2. The topological polar surface area (TPSA) is 107 Å². The van der Waals surface area contributed by atoms with Crippen LogP contribution in [0.1, 0.15) is 28.2 Å². The molecule has 2 N–H and O–H groups in total. The highest BCUT2D eigenvalue weighted by molar-refractivity contribution is 14.1. The summed E-state index contributed by atoms with van der Waals surface area (Å²) in [7, 11) is 3.70. The summed E-state index contributed by atoms with van der Waals surface area (Å²) in [6.45, 7) is 1.94. The second-order valence-corrected chi connectivity index (χ2v) is 12.3. The number of carboxylic acid groups (broad SMARTS) is 2. The normalized spacial score (nSPS) is 22.0. The average molecular weight is 690 g/mol. The molecule has 2 aromatic carbocycles. The molecule has 0 saturated carbocycles. The van der Waals surface area contributed by atoms with E-state index in [2.05, 4.69) is 22.6 Å². The van der Waals surface area contributed by atoms with Gasteiger partial charge in [0.1, 0.15) is 24.0 Å². The van der Waals surface area contributed by atoms with Crippen molar-refractivity contribution in [3.8, 4) is 0 Å². The molecule has 2 atom stereocenters. The highest BCUT2D eigenvalue weighted by Crippen LogP contribution is 2.50. The van der Waals surface area contributed by atoms with E-state index in [0.717, 1.165) is 20.5 Å². The van der Waals surface area contributed by atoms with E-state index >= 15 is 0 Å². The lowest BCUT2D eigenvalue weighted by Crippen LogP contribution is -2.44. The number of halogens is 1. The molecule has 2 aliphatic heterocycles. The zero-order chi connectivity index (χ0) is 30.5. The van der Waals surface area contributed by atoms with Crippen molar-refractivity contribution in [2.24, 2.45) is 0 Å². The zero-order valence-corrected chi connectivity index (χ0v) is 26.0. The van der Waals surface area contributed by atoms with Crippen LogP contribution in [0.5, 0.6) is 0 Å². The molecule has 0 aliphatic carbocycles. The van der Waals surface area contributed by atoms with Gasteiger partial charge < -0.3 is 23.9 Å². The Kier molecular flexibility index (Phi) is 7.16. The number of rotatable bonds is 8. The van der Waals surface area contributed by atoms with Gasteiger partial charge in [-0.1, -0.05) is 23.8 Å². The summed E-state index contributed by atoms with van der Waals surface area (Å²) in [5, 5.41) is 21.7. The molecule has 9 heteroatoms. The summed E-state index contributed by atoms with van der Waals surface area (Å²) in [5.41, 5.74) is 2.17. The van der Waals surface area contributed by atoms with Crippen LogP contribution in [0.3, 0.4) is 0 Å². The SMILES string of the molecule is Cc1ccc2c(c1)C(Cc1ccco1)(C(=O)O)/C(=C\C=C\C1=[N+](C)c3ccc(I)cc3C1(Cc1ccco1)C(=O)O)N2C. The third-order valence-electron chi connectivity index (χ3n) is 8.63. The Labute approximate surface area is 262 Å². The lowest BCUT2D eigenvalue weighted by Gasteiger charge is -2.28. The molecular weight excluding hydrogens is 659 g/mol. The Morgan fingerprint density at radius 2 is 1.58 bits per heavy atom. The van der Waals surface area contributed by atoms with E-state index in [0.29, 0.717) is 34.1 Å². The molecule has 0 spiro atoms. The second-order valence-electron chi connectivity index (χ2n) is 11.0. The molecule has 2 aliphatic rings. The van der Waals surface area contributed by atoms with E-state index in [-0.39, 0.29) is 12.8 Å². The first-order valence-electron chi connectivity index (χ1n) is 13.8. The van der Waals surface area contributed by atoms with Crippen molar-refractivity contribution >= 4 is 51.6 Å². The van der Waals surface area contributed by atoms with Crippen molar-refractivity contribution in [1.82, 2.24) is 0 Å². The third-order valence-corrected chi connectivity index (χ3v) is 9.30. The number of likely N-dealkylation sites (N-methyl/N-ethyl adjacent to an activating group) is 1. The van der Waals surface area contributed by atoms with E-state index in [9.17, 15) is 19.8 Å². The molecule has 4 heterocycles. The highest BCUT2D eigenvalue weighted by Gasteiger charge is 2.57. The maximum absolute atomic E-state index is 13.3. The van der Waals surface area contributed by atoms with Crippen molar-refractivity contribution in [3.63, 3.8) is 0 Å². The largest absolute Gasteiger partial charge is 0.480 e. The van der Waals surface area contributed by atoms with Crippen LogP contribution in [0.15, 0.2) is 106 Å². The quantitative estimate of drug-likeness (QED) is 0.167. The Morgan fingerprint density at radius 3 is 2.19 bits per heavy atom. The lowest BCUT2D eigenvalue weighted by atomic mass is 9.73. The Balaban J connectivity index is 1.51. The van der Waals surface area contributed by atoms with E-state index < -0.39 is 22.8 Å². The number of hydrogen-bond donors (Lipinski definition) is 2. The van der Waals surface area contributed by atoms with Crippen LogP contribution in [-0.2, 0) is 33.3 Å². The van der Waals surface area contributed by atoms with Crippen LogP contribution in [-0.4, -0.2) is 46.5 Å². The third kappa shape index (κ3) is 4.45. The van der Waals surface area contributed by atoms with Gasteiger partial charge in [-0.05, 0) is 83.6 Å². The minimum absolute atomic E-state index is 0.116. The summed E-state index contributed by atoms with van der Waals surface area (Å²) < 4.78 is 14.1. The summed E-state index contributed by atoms with van der Waals surface area (Å²) in [4.78, 5) is 28.4. The van der Waals surface area contributed by atoms with Gasteiger partial charge in [-0.2, -0.15) is 4.58 Å². The number of carboxylic acids is 2. The smallest absolute Gasteiger partial charge is 0.325 e. The number of furan rings is 2. The Bertz CT molecular complexity index is 1840. The van der Waals surface area contributed by atoms with Crippen LogP contribution in [0.25, 0.3) is 0 Å². The number of hydrogen-bond acceptors (Lipinski definition) is 5. The molecule has 2 aromatic heterocycles. The number of fused-ring (bicyclic) bond motifs is 2. The van der Waals surface area contributed by atoms with Gasteiger partial charge in [0.2, 0.25) is 11.4 Å². The molecular formula is C34H30IN2O6+. The number of anilines is 1. The molecule has 6 rings (SSSR count). The van der Waals surface area contributed by atoms with Crippen LogP contribution < -0.4 is 4.90 Å². The fourth-order valence-corrected chi connectivity index (χ4v) is 7.09. The maximum atomic E-state index is 13.3. The molecule has 0 saturated heterocycles. The first kappa shape index (κ1) is 28.7. The van der Waals surface area contributed by atoms with E-state index in [1.807, 2.05) is 66.9 Å². The number of aryl methyl sites for hydroxylation is 1. The number of allylic oxidation sites excluding steroid dienone is 3. The summed E-state index contributed by atoms with van der Waals surface area (Å²) in [5.74, 6) is -0.887. The minimum atomic E-state index is -1.42. The highest BCUT2D eigenvalue weighted by atomic mass is 127. The molecule has 4 aromatic rings. The van der Waals surface area contributed by atoms with Crippen LogP contribution >= 0.6 is 22.6 Å². The zero-order valence-electron chi connectivity index (χ0n) is 23.9. The molecule has 2 unspecified atom stereocenters. The summed E-state index contributed by atoms with van der Waals surface area (Å²) in [6.07, 6.45) is 8.63. The van der Waals surface area contributed by atoms with E-state index in [4.69, 9.17) is 8.83 Å². The van der Waals surface area contributed by atoms with Gasteiger partial charge in [0.25, 0.3) is 0 Å². The van der Waals surface area contributed by atoms with E-state index in [1.165, 1.54) is 0 Å². The van der Waals surface area contributed by atoms with Gasteiger partial charge in [0, 0.05) is 47.0 Å². The summed E-state index contributed by atoms with van der Waals surface area (Å²) >= 11 is 2.19.